The van der Waals surface area contributed by atoms with Crippen LogP contribution in [0.2, 0.25) is 0 Å². The maximum absolute atomic E-state index is 6.59. The van der Waals surface area contributed by atoms with Gasteiger partial charge in [-0.2, -0.15) is 6.92 Å². The topological polar surface area (TPSA) is 0 Å². The minimum Gasteiger partial charge on any atom is -0.358 e. The summed E-state index contributed by atoms with van der Waals surface area (Å²) in [7, 11) is 0. The molecule has 0 aliphatic heterocycles. The first-order chi connectivity index (χ1) is 66.4. The third-order valence-corrected chi connectivity index (χ3v) is 8.15. The first-order valence-corrected chi connectivity index (χ1v) is 33.1. The van der Waals surface area contributed by atoms with E-state index in [1.54, 1.807) is 0 Å². The highest BCUT2D eigenvalue weighted by Crippen LogP contribution is 1.71. The standard InChI is InChI=1S/C133H2/c1-3-5-7-9-11-13-15-17-19-21-23-25-27-29-31-33-35-37-39-41-43-45-47-49-51-53-55-57-59-61-63-65-67-69-71-73-75-77-79-81-83-85-87-89-91-93-95-97-99-101-103-105-107-109-111-113-115-117-119-121-123-125-127-129-131-133-132-130-128-126-124-122-120-118-116-114-112-110-108-106-104-102-100-98-96-94-92-90-88-86-84-82-80-78-76-74-72-70-68-66-64-62-60-58-56-54-52-50-48-46-44-42-40-38-36-34-32-30-28-26-24-22-20-18-16-14-12-10-8-6-4-2/h1H2/q-2. The van der Waals surface area contributed by atoms with E-state index in [2.05, 4.69) is 777 Å². The van der Waals surface area contributed by atoms with Gasteiger partial charge < -0.3 is 6.42 Å². The number of hydrogen-bond donors (Lipinski definition) is 0. The van der Waals surface area contributed by atoms with E-state index in [0.29, 0.717) is 0 Å². The molecule has 536 valence electrons. The van der Waals surface area contributed by atoms with Crippen LogP contribution < -0.4 is 0 Å². The summed E-state index contributed by atoms with van der Waals surface area (Å²) < 4.78 is 0. The highest BCUT2D eigenvalue weighted by atomic mass is 13.7. The maximum Gasteiger partial charge on any atom is 0 e. The Morgan fingerprint density at radius 3 is 0.135 bits per heavy atom. The summed E-state index contributed by atoms with van der Waals surface area (Å²) in [5.41, 5.74) is 0. The first kappa shape index (κ1) is 104. The van der Waals surface area contributed by atoms with Crippen LogP contribution in [0, 0.1) is 789 Å². The maximum atomic E-state index is 6.59. The van der Waals surface area contributed by atoms with Crippen LogP contribution in [0.5, 0.6) is 0 Å². The van der Waals surface area contributed by atoms with Gasteiger partial charge >= 0.3 is 0 Å². The molecule has 0 nitrogen and oxygen atoms in total. The summed E-state index contributed by atoms with van der Waals surface area (Å²) in [5, 5.41) is 0. The van der Waals surface area contributed by atoms with Gasteiger partial charge in [0.05, 0.1) is 0 Å². The van der Waals surface area contributed by atoms with Crippen LogP contribution in [-0.2, 0) is 0 Å². The van der Waals surface area contributed by atoms with Gasteiger partial charge in [-0.3, -0.25) is 11.8 Å². The summed E-state index contributed by atoms with van der Waals surface area (Å²) in [6, 6.07) is 0. The van der Waals surface area contributed by atoms with Crippen molar-refractivity contribution in [2.24, 2.45) is 0 Å². The van der Waals surface area contributed by atoms with Crippen molar-refractivity contribution in [3.05, 3.63) is 13.3 Å². The van der Waals surface area contributed by atoms with Crippen molar-refractivity contribution in [3.8, 4) is 776 Å². The van der Waals surface area contributed by atoms with Crippen molar-refractivity contribution in [1.29, 1.82) is 0 Å². The Kier molecular flexibility index (Phi) is 80.3. The van der Waals surface area contributed by atoms with Crippen molar-refractivity contribution in [2.45, 2.75) is 0 Å². The molecule has 0 spiro atoms. The molecular formula is C133H2-2. The molecule has 0 rings (SSSR count). The lowest BCUT2D eigenvalue weighted by atomic mass is 10.4. The second-order valence-corrected chi connectivity index (χ2v) is 16.4. The van der Waals surface area contributed by atoms with E-state index in [1.165, 1.54) is 0 Å². The van der Waals surface area contributed by atoms with E-state index in [9.17, 15) is 0 Å². The predicted octanol–water partition coefficient (Wildman–Crippen LogP) is 0.631. The SMILES string of the molecule is [C-]#CC#CC#CC#CC#CC#CC#CC#CC#CC#CC#CC#CC#CC#CC#CC#CC#CC#CC#CC#CC#CC#CC#CC#CC#CC#CC#CC#CC#CC#CC#CC#CC#CC#CC#CC#CC#CC#CC#CC#CC#CC#CC#CC#CC#CC#CC#CC#CC#CC#CC#CC#CC#CC#CC#CC#CC#CC#CC#CC#CC#CC#CC#CC#CC#CC#C[CH2-]. The Labute approximate surface area is 783 Å². The fraction of sp³-hybridized carbons (Fsp3) is 0. The van der Waals surface area contributed by atoms with Crippen LogP contribution in [-0.4, -0.2) is 0 Å². The van der Waals surface area contributed by atoms with Crippen LogP contribution >= 0.6 is 0 Å². The van der Waals surface area contributed by atoms with Crippen LogP contribution in [0.15, 0.2) is 0 Å². The minimum absolute atomic E-state index is 1.87. The lowest BCUT2D eigenvalue weighted by Gasteiger charge is -1.64. The molecule has 0 amide bonds. The van der Waals surface area contributed by atoms with Crippen LogP contribution in [0.3, 0.4) is 0 Å². The van der Waals surface area contributed by atoms with Crippen LogP contribution in [0.1, 0.15) is 0 Å². The third kappa shape index (κ3) is 103. The summed E-state index contributed by atoms with van der Waals surface area (Å²) in [6.45, 7) is 3.32. The molecule has 0 unspecified atom stereocenters. The van der Waals surface area contributed by atoms with E-state index >= 15 is 0 Å². The molecular weight excluding hydrogens is 1600 g/mol. The summed E-state index contributed by atoms with van der Waals surface area (Å²) in [5.74, 6) is 326. The molecule has 0 fully saturated rings. The highest BCUT2D eigenvalue weighted by Gasteiger charge is 1.70. The first-order valence-electron chi connectivity index (χ1n) is 33.1. The molecule has 0 atom stereocenters. The van der Waals surface area contributed by atoms with Crippen LogP contribution in [0.4, 0.5) is 0 Å². The van der Waals surface area contributed by atoms with Crippen molar-refractivity contribution in [3.63, 3.8) is 0 Å². The lowest BCUT2D eigenvalue weighted by molar-refractivity contribution is 2.31. The lowest BCUT2D eigenvalue weighted by Crippen LogP contribution is -1.57. The number of rotatable bonds is 0. The van der Waals surface area contributed by atoms with Gasteiger partial charge in [0.2, 0.25) is 0 Å². The zero-order valence-electron chi connectivity index (χ0n) is 66.7. The second-order valence-electron chi connectivity index (χ2n) is 16.4. The van der Waals surface area contributed by atoms with E-state index in [4.69, 9.17) is 6.42 Å². The Morgan fingerprint density at radius 2 is 0.0977 bits per heavy atom. The van der Waals surface area contributed by atoms with Gasteiger partial charge in [-0.1, -0.05) is 0 Å². The van der Waals surface area contributed by atoms with E-state index in [0.717, 1.165) is 0 Å². The normalized spacial score (nSPS) is 3.96. The number of hydrogen-bond acceptors (Lipinski definition) is 0. The van der Waals surface area contributed by atoms with Crippen molar-refractivity contribution in [1.82, 2.24) is 0 Å². The van der Waals surface area contributed by atoms with E-state index < -0.39 is 0 Å². The Bertz CT molecular complexity index is 9240. The van der Waals surface area contributed by atoms with Gasteiger partial charge in [-0.05, 0) is 94.7 Å². The summed E-state index contributed by atoms with van der Waals surface area (Å²) in [4.78, 5) is 0. The Balaban J connectivity index is 4.65. The highest BCUT2D eigenvalue weighted by molar-refractivity contribution is 5.59. The second kappa shape index (κ2) is 103. The largest absolute Gasteiger partial charge is 0.358 e. The molecule has 0 radical (unpaired) electrons. The van der Waals surface area contributed by atoms with Gasteiger partial charge in [0.1, 0.15) is 0 Å². The summed E-state index contributed by atoms with van der Waals surface area (Å²) >= 11 is 0. The van der Waals surface area contributed by atoms with E-state index in [-0.39, 0.29) is 0 Å². The Morgan fingerprint density at radius 1 is 0.0602 bits per heavy atom. The average Bonchev–Trinajstić information content (AvgIpc) is 1.11. The molecule has 133 heavy (non-hydrogen) atoms. The predicted molar refractivity (Wildman–Crippen MR) is 518 cm³/mol. The van der Waals surface area contributed by atoms with Crippen molar-refractivity contribution >= 4 is 0 Å². The molecule has 0 aliphatic rings. The molecule has 0 bridgehead atoms. The van der Waals surface area contributed by atoms with Gasteiger partial charge in [0.15, 0.2) is 0 Å². The Hall–Kier alpha value is -29.2. The van der Waals surface area contributed by atoms with Crippen molar-refractivity contribution in [2.75, 3.05) is 0 Å². The average molecular weight is 1600 g/mol. The fourth-order valence-electron chi connectivity index (χ4n) is 4.04. The van der Waals surface area contributed by atoms with Gasteiger partial charge in [0.25, 0.3) is 0 Å². The minimum atomic E-state index is 1.87. The van der Waals surface area contributed by atoms with Gasteiger partial charge in [-0.25, -0.2) is 11.8 Å². The van der Waals surface area contributed by atoms with Crippen LogP contribution in [0.25, 0.3) is 0 Å². The molecule has 0 heterocycles. The molecule has 0 N–H and O–H groups in total. The monoisotopic (exact) mass is 1600 g/mol. The molecule has 0 saturated carbocycles. The molecule has 0 aromatic heterocycles. The molecule has 0 aromatic carbocycles. The van der Waals surface area contributed by atoms with E-state index in [1.807, 2.05) is 5.92 Å². The fourth-order valence-corrected chi connectivity index (χ4v) is 4.04. The van der Waals surface area contributed by atoms with Crippen molar-refractivity contribution < 1.29 is 0 Å². The third-order valence-electron chi connectivity index (χ3n) is 8.15. The van der Waals surface area contributed by atoms with Gasteiger partial charge in [-0.15, -0.1) is 11.8 Å². The summed E-state index contributed by atoms with van der Waals surface area (Å²) in [6.07, 6.45) is 6.59. The van der Waals surface area contributed by atoms with Gasteiger partial charge in [0, 0.05) is 645 Å². The molecule has 0 saturated heterocycles. The molecule has 0 aliphatic carbocycles. The molecule has 0 heteroatoms. The molecule has 0 aromatic rings. The zero-order valence-corrected chi connectivity index (χ0v) is 66.7. The zero-order chi connectivity index (χ0) is 94.6. The quantitative estimate of drug-likeness (QED) is 0.247. The smallest absolute Gasteiger partial charge is 0 e.